The number of rotatable bonds is 3. The van der Waals surface area contributed by atoms with Gasteiger partial charge in [-0.05, 0) is 24.3 Å². The van der Waals surface area contributed by atoms with Crippen LogP contribution in [0.25, 0.3) is 0 Å². The molecular formula is C12H22Cl3N3O. The van der Waals surface area contributed by atoms with E-state index >= 15 is 0 Å². The van der Waals surface area contributed by atoms with Crippen LogP contribution in [0.2, 0.25) is 0 Å². The Balaban J connectivity index is 0. The smallest absolute Gasteiger partial charge is 0.0558 e. The molecule has 0 unspecified atom stereocenters. The molecule has 112 valence electrons. The second kappa shape index (κ2) is 10.4. The summed E-state index contributed by atoms with van der Waals surface area (Å²) < 4.78 is 0. The van der Waals surface area contributed by atoms with Gasteiger partial charge in [0.25, 0.3) is 0 Å². The van der Waals surface area contributed by atoms with Gasteiger partial charge in [-0.15, -0.1) is 37.2 Å². The molecule has 0 saturated carbocycles. The van der Waals surface area contributed by atoms with Crippen molar-refractivity contribution >= 4 is 48.6 Å². The lowest BCUT2D eigenvalue weighted by Gasteiger charge is -2.35. The van der Waals surface area contributed by atoms with Crippen LogP contribution in [0.3, 0.4) is 0 Å². The average Bonchev–Trinajstić information content (AvgIpc) is 2.32. The molecule has 0 spiro atoms. The van der Waals surface area contributed by atoms with Gasteiger partial charge in [-0.25, -0.2) is 0 Å². The third kappa shape index (κ3) is 6.06. The molecule has 1 aliphatic heterocycles. The maximum absolute atomic E-state index is 8.86. The molecule has 0 radical (unpaired) electrons. The van der Waals surface area contributed by atoms with Gasteiger partial charge in [0.1, 0.15) is 0 Å². The van der Waals surface area contributed by atoms with Gasteiger partial charge in [0, 0.05) is 44.1 Å². The summed E-state index contributed by atoms with van der Waals surface area (Å²) in [7, 11) is 0. The summed E-state index contributed by atoms with van der Waals surface area (Å²) in [6.45, 7) is 5.11. The molecule has 1 aromatic carbocycles. The Labute approximate surface area is 133 Å². The van der Waals surface area contributed by atoms with Crippen LogP contribution in [0.4, 0.5) is 11.4 Å². The molecule has 7 heteroatoms. The van der Waals surface area contributed by atoms with Crippen molar-refractivity contribution < 1.29 is 5.11 Å². The van der Waals surface area contributed by atoms with Crippen molar-refractivity contribution in [3.8, 4) is 0 Å². The lowest BCUT2D eigenvalue weighted by molar-refractivity contribution is 0.189. The molecule has 0 bridgehead atoms. The maximum Gasteiger partial charge on any atom is 0.0558 e. The summed E-state index contributed by atoms with van der Waals surface area (Å²) in [5, 5.41) is 8.86. The molecule has 0 aromatic heterocycles. The second-order valence-corrected chi connectivity index (χ2v) is 4.14. The first kappa shape index (κ1) is 20.9. The number of β-amino-alcohol motifs (C(OH)–C–C–N with tert-alkyl or cyclic N) is 1. The van der Waals surface area contributed by atoms with Crippen molar-refractivity contribution in [1.82, 2.24) is 4.90 Å². The van der Waals surface area contributed by atoms with E-state index in [0.717, 1.165) is 38.4 Å². The summed E-state index contributed by atoms with van der Waals surface area (Å²) >= 11 is 0. The summed E-state index contributed by atoms with van der Waals surface area (Å²) in [5.74, 6) is 0. The van der Waals surface area contributed by atoms with E-state index < -0.39 is 0 Å². The summed E-state index contributed by atoms with van der Waals surface area (Å²) in [4.78, 5) is 4.64. The molecule has 2 rings (SSSR count). The number of hydrogen-bond acceptors (Lipinski definition) is 4. The number of anilines is 2. The Morgan fingerprint density at radius 2 is 1.47 bits per heavy atom. The highest BCUT2D eigenvalue weighted by Crippen LogP contribution is 2.17. The van der Waals surface area contributed by atoms with Crippen molar-refractivity contribution in [1.29, 1.82) is 0 Å². The van der Waals surface area contributed by atoms with Gasteiger partial charge in [0.2, 0.25) is 0 Å². The Morgan fingerprint density at radius 1 is 0.947 bits per heavy atom. The van der Waals surface area contributed by atoms with Gasteiger partial charge in [0.05, 0.1) is 6.61 Å². The third-order valence-corrected chi connectivity index (χ3v) is 3.05. The highest BCUT2D eigenvalue weighted by Gasteiger charge is 2.16. The zero-order valence-corrected chi connectivity index (χ0v) is 13.1. The van der Waals surface area contributed by atoms with Crippen LogP contribution in [-0.2, 0) is 0 Å². The molecule has 3 N–H and O–H groups in total. The number of halogens is 3. The van der Waals surface area contributed by atoms with Crippen LogP contribution >= 0.6 is 37.2 Å². The topological polar surface area (TPSA) is 52.7 Å². The van der Waals surface area contributed by atoms with Gasteiger partial charge in [-0.1, -0.05) is 0 Å². The fraction of sp³-hybridized carbons (Fsp3) is 0.500. The largest absolute Gasteiger partial charge is 0.399 e. The first-order valence-electron chi connectivity index (χ1n) is 5.73. The van der Waals surface area contributed by atoms with Crippen LogP contribution in [-0.4, -0.2) is 49.3 Å². The first-order chi connectivity index (χ1) is 7.79. The predicted molar refractivity (Wildman–Crippen MR) is 88.3 cm³/mol. The molecule has 19 heavy (non-hydrogen) atoms. The number of hydrogen-bond donors (Lipinski definition) is 2. The number of nitrogens with two attached hydrogens (primary N) is 1. The van der Waals surface area contributed by atoms with E-state index in [1.54, 1.807) is 0 Å². The van der Waals surface area contributed by atoms with Gasteiger partial charge in [-0.2, -0.15) is 0 Å². The standard InChI is InChI=1S/C12H19N3O.3ClH/c13-11-1-3-12(4-2-11)15-7-5-14(6-8-15)9-10-16;;;/h1-4,16H,5-10,13H2;3*1H. The highest BCUT2D eigenvalue weighted by molar-refractivity contribution is 5.86. The Kier molecular flexibility index (Phi) is 11.5. The molecule has 1 aromatic rings. The number of benzene rings is 1. The van der Waals surface area contributed by atoms with Gasteiger partial charge in [0.15, 0.2) is 0 Å². The highest BCUT2D eigenvalue weighted by atomic mass is 35.5. The summed E-state index contributed by atoms with van der Waals surface area (Å²) in [6.07, 6.45) is 0. The number of nitrogens with zero attached hydrogens (tertiary/aromatic N) is 2. The molecular weight excluding hydrogens is 309 g/mol. The molecule has 0 amide bonds. The Morgan fingerprint density at radius 3 is 1.95 bits per heavy atom. The van der Waals surface area contributed by atoms with E-state index in [9.17, 15) is 0 Å². The third-order valence-electron chi connectivity index (χ3n) is 3.05. The van der Waals surface area contributed by atoms with Gasteiger partial charge < -0.3 is 15.7 Å². The van der Waals surface area contributed by atoms with Gasteiger partial charge in [-0.3, -0.25) is 4.90 Å². The zero-order valence-electron chi connectivity index (χ0n) is 10.7. The first-order valence-corrected chi connectivity index (χ1v) is 5.73. The Hall–Kier alpha value is -0.390. The molecule has 0 aliphatic carbocycles. The van der Waals surface area contributed by atoms with Crippen LogP contribution in [0.5, 0.6) is 0 Å². The summed E-state index contributed by atoms with van der Waals surface area (Å²) in [6, 6.07) is 8.01. The average molecular weight is 331 g/mol. The SMILES string of the molecule is Cl.Cl.Cl.Nc1ccc(N2CCN(CCO)CC2)cc1. The summed E-state index contributed by atoms with van der Waals surface area (Å²) in [5.41, 5.74) is 7.71. The lowest BCUT2D eigenvalue weighted by atomic mass is 10.2. The van der Waals surface area contributed by atoms with Crippen molar-refractivity contribution in [2.75, 3.05) is 50.0 Å². The Bertz CT molecular complexity index is 329. The number of nitrogen functional groups attached to an aromatic ring is 1. The van der Waals surface area contributed by atoms with Crippen molar-refractivity contribution in [3.63, 3.8) is 0 Å². The predicted octanol–water partition coefficient (Wildman–Crippen LogP) is 1.65. The van der Waals surface area contributed by atoms with Crippen molar-refractivity contribution in [3.05, 3.63) is 24.3 Å². The fourth-order valence-electron chi connectivity index (χ4n) is 2.06. The second-order valence-electron chi connectivity index (χ2n) is 4.14. The van der Waals surface area contributed by atoms with Gasteiger partial charge >= 0.3 is 0 Å². The number of piperazine rings is 1. The monoisotopic (exact) mass is 329 g/mol. The van der Waals surface area contributed by atoms with E-state index in [4.69, 9.17) is 10.8 Å². The van der Waals surface area contributed by atoms with E-state index in [1.807, 2.05) is 12.1 Å². The number of aliphatic hydroxyl groups excluding tert-OH is 1. The molecule has 0 atom stereocenters. The van der Waals surface area contributed by atoms with E-state index in [1.165, 1.54) is 5.69 Å². The van der Waals surface area contributed by atoms with Crippen LogP contribution in [0.15, 0.2) is 24.3 Å². The fourth-order valence-corrected chi connectivity index (χ4v) is 2.06. The van der Waals surface area contributed by atoms with E-state index in [-0.39, 0.29) is 43.8 Å². The van der Waals surface area contributed by atoms with E-state index in [2.05, 4.69) is 21.9 Å². The minimum absolute atomic E-state index is 0. The lowest BCUT2D eigenvalue weighted by Crippen LogP contribution is -2.47. The minimum Gasteiger partial charge on any atom is -0.399 e. The van der Waals surface area contributed by atoms with Crippen molar-refractivity contribution in [2.45, 2.75) is 0 Å². The number of aliphatic hydroxyl groups is 1. The van der Waals surface area contributed by atoms with Crippen LogP contribution in [0.1, 0.15) is 0 Å². The normalized spacial score (nSPS) is 14.9. The molecule has 4 nitrogen and oxygen atoms in total. The molecule has 1 saturated heterocycles. The molecule has 1 heterocycles. The van der Waals surface area contributed by atoms with E-state index in [0.29, 0.717) is 0 Å². The van der Waals surface area contributed by atoms with Crippen LogP contribution < -0.4 is 10.6 Å². The minimum atomic E-state index is 0. The quantitative estimate of drug-likeness (QED) is 0.828. The molecule has 1 fully saturated rings. The molecule has 1 aliphatic rings. The van der Waals surface area contributed by atoms with Crippen molar-refractivity contribution in [2.24, 2.45) is 0 Å². The zero-order chi connectivity index (χ0) is 11.4. The maximum atomic E-state index is 8.86. The van der Waals surface area contributed by atoms with Crippen LogP contribution in [0, 0.1) is 0 Å².